The number of amides is 2. The number of tetrazole rings is 1. The average molecular weight is 397 g/mol. The molecule has 0 saturated heterocycles. The Kier molecular flexibility index (Phi) is 4.79. The highest BCUT2D eigenvalue weighted by Crippen LogP contribution is 2.31. The van der Waals surface area contributed by atoms with Crippen LogP contribution in [0.25, 0.3) is 11.4 Å². The standard InChI is InChI=1S/C19H17ClN6O2/c1-12-10-17(27)21-15-8-4-5-9-16(15)26(12)18(28)11-25-23-19(22-24-25)13-6-2-3-7-14(13)20/h2-9,12H,10-11H2,1H3,(H,21,27). The molecule has 1 unspecified atom stereocenters. The van der Waals surface area contributed by atoms with Crippen molar-refractivity contribution in [3.8, 4) is 11.4 Å². The van der Waals surface area contributed by atoms with Crippen molar-refractivity contribution in [2.24, 2.45) is 0 Å². The molecule has 0 saturated carbocycles. The summed E-state index contributed by atoms with van der Waals surface area (Å²) in [7, 11) is 0. The number of halogens is 1. The molecule has 2 heterocycles. The summed E-state index contributed by atoms with van der Waals surface area (Å²) in [5.41, 5.74) is 1.90. The van der Waals surface area contributed by atoms with Gasteiger partial charge in [-0.2, -0.15) is 4.80 Å². The molecule has 0 spiro atoms. The lowest BCUT2D eigenvalue weighted by Crippen LogP contribution is -2.41. The van der Waals surface area contributed by atoms with Crippen LogP contribution in [0, 0.1) is 0 Å². The van der Waals surface area contributed by atoms with Crippen LogP contribution in [0.4, 0.5) is 11.4 Å². The fourth-order valence-electron chi connectivity index (χ4n) is 3.23. The summed E-state index contributed by atoms with van der Waals surface area (Å²) in [6.07, 6.45) is 0.204. The summed E-state index contributed by atoms with van der Waals surface area (Å²) in [6.45, 7) is 1.73. The minimum Gasteiger partial charge on any atom is -0.324 e. The van der Waals surface area contributed by atoms with Crippen LogP contribution in [0.15, 0.2) is 48.5 Å². The van der Waals surface area contributed by atoms with E-state index in [4.69, 9.17) is 11.6 Å². The lowest BCUT2D eigenvalue weighted by atomic mass is 10.1. The number of carbonyl (C=O) groups is 2. The van der Waals surface area contributed by atoms with E-state index in [-0.39, 0.29) is 30.8 Å². The predicted molar refractivity (Wildman–Crippen MR) is 105 cm³/mol. The maximum atomic E-state index is 13.0. The van der Waals surface area contributed by atoms with Crippen molar-refractivity contribution in [1.82, 2.24) is 20.2 Å². The van der Waals surface area contributed by atoms with Crippen molar-refractivity contribution in [2.75, 3.05) is 10.2 Å². The van der Waals surface area contributed by atoms with Crippen LogP contribution in [-0.4, -0.2) is 38.1 Å². The van der Waals surface area contributed by atoms with Gasteiger partial charge in [-0.25, -0.2) is 0 Å². The summed E-state index contributed by atoms with van der Waals surface area (Å²) in [6, 6.07) is 14.1. The van der Waals surface area contributed by atoms with Gasteiger partial charge in [-0.05, 0) is 36.4 Å². The van der Waals surface area contributed by atoms with E-state index in [2.05, 4.69) is 20.7 Å². The number of para-hydroxylation sites is 2. The number of nitrogens with zero attached hydrogens (tertiary/aromatic N) is 5. The van der Waals surface area contributed by atoms with Crippen LogP contribution in [0.1, 0.15) is 13.3 Å². The molecule has 1 aromatic heterocycles. The van der Waals surface area contributed by atoms with Crippen LogP contribution in [-0.2, 0) is 16.1 Å². The number of hydrogen-bond acceptors (Lipinski definition) is 5. The lowest BCUT2D eigenvalue weighted by Gasteiger charge is -2.27. The Morgan fingerprint density at radius 2 is 1.96 bits per heavy atom. The van der Waals surface area contributed by atoms with Crippen molar-refractivity contribution in [2.45, 2.75) is 25.9 Å². The molecule has 9 heteroatoms. The smallest absolute Gasteiger partial charge is 0.250 e. The van der Waals surface area contributed by atoms with Gasteiger partial charge in [0.15, 0.2) is 0 Å². The third-order valence-corrected chi connectivity index (χ3v) is 4.80. The van der Waals surface area contributed by atoms with Crippen LogP contribution >= 0.6 is 11.6 Å². The van der Waals surface area contributed by atoms with Gasteiger partial charge in [0, 0.05) is 18.0 Å². The Morgan fingerprint density at radius 1 is 1.21 bits per heavy atom. The zero-order valence-corrected chi connectivity index (χ0v) is 15.8. The Balaban J connectivity index is 1.60. The molecular formula is C19H17ClN6O2. The molecule has 28 heavy (non-hydrogen) atoms. The van der Waals surface area contributed by atoms with Gasteiger partial charge in [-0.15, -0.1) is 10.2 Å². The molecule has 0 bridgehead atoms. The van der Waals surface area contributed by atoms with Crippen molar-refractivity contribution in [3.63, 3.8) is 0 Å². The molecule has 1 atom stereocenters. The van der Waals surface area contributed by atoms with E-state index in [1.807, 2.05) is 31.2 Å². The molecule has 1 N–H and O–H groups in total. The first-order valence-electron chi connectivity index (χ1n) is 8.76. The second-order valence-electron chi connectivity index (χ2n) is 6.51. The number of rotatable bonds is 3. The average Bonchev–Trinajstić information content (AvgIpc) is 3.06. The summed E-state index contributed by atoms with van der Waals surface area (Å²) < 4.78 is 0. The number of carbonyl (C=O) groups excluding carboxylic acids is 2. The Hall–Kier alpha value is -3.26. The van der Waals surface area contributed by atoms with Gasteiger partial charge in [0.25, 0.3) is 5.91 Å². The van der Waals surface area contributed by atoms with E-state index in [9.17, 15) is 9.59 Å². The molecule has 3 aromatic rings. The normalized spacial score (nSPS) is 16.3. The van der Waals surface area contributed by atoms with Gasteiger partial charge in [-0.3, -0.25) is 9.59 Å². The Bertz CT molecular complexity index is 1050. The van der Waals surface area contributed by atoms with Crippen LogP contribution in [0.3, 0.4) is 0 Å². The zero-order valence-electron chi connectivity index (χ0n) is 15.0. The minimum atomic E-state index is -0.303. The van der Waals surface area contributed by atoms with Crippen molar-refractivity contribution < 1.29 is 9.59 Å². The molecule has 1 aliphatic heterocycles. The topological polar surface area (TPSA) is 93.0 Å². The van der Waals surface area contributed by atoms with Gasteiger partial charge in [0.05, 0.1) is 16.4 Å². The molecule has 8 nitrogen and oxygen atoms in total. The van der Waals surface area contributed by atoms with Crippen molar-refractivity contribution in [3.05, 3.63) is 53.6 Å². The lowest BCUT2D eigenvalue weighted by molar-refractivity contribution is -0.120. The van der Waals surface area contributed by atoms with E-state index in [0.717, 1.165) is 0 Å². The Morgan fingerprint density at radius 3 is 2.79 bits per heavy atom. The highest BCUT2D eigenvalue weighted by Gasteiger charge is 2.30. The number of aromatic nitrogens is 4. The highest BCUT2D eigenvalue weighted by molar-refractivity contribution is 6.33. The maximum absolute atomic E-state index is 13.0. The third-order valence-electron chi connectivity index (χ3n) is 4.47. The third kappa shape index (κ3) is 3.46. The van der Waals surface area contributed by atoms with Crippen molar-refractivity contribution in [1.29, 1.82) is 0 Å². The molecule has 4 rings (SSSR count). The summed E-state index contributed by atoms with van der Waals surface area (Å²) in [5.74, 6) is -0.0192. The molecule has 1 aliphatic rings. The summed E-state index contributed by atoms with van der Waals surface area (Å²) in [4.78, 5) is 28.0. The number of nitrogens with one attached hydrogen (secondary N) is 1. The molecule has 142 valence electrons. The van der Waals surface area contributed by atoms with Gasteiger partial charge < -0.3 is 10.2 Å². The first-order valence-corrected chi connectivity index (χ1v) is 9.14. The molecule has 2 aromatic carbocycles. The van der Waals surface area contributed by atoms with E-state index in [1.54, 1.807) is 29.2 Å². The minimum absolute atomic E-state index is 0.107. The summed E-state index contributed by atoms with van der Waals surface area (Å²) >= 11 is 6.17. The van der Waals surface area contributed by atoms with E-state index in [1.165, 1.54) is 4.80 Å². The number of benzene rings is 2. The monoisotopic (exact) mass is 396 g/mol. The molecule has 0 radical (unpaired) electrons. The van der Waals surface area contributed by atoms with Crippen LogP contribution in [0.5, 0.6) is 0 Å². The molecular weight excluding hydrogens is 380 g/mol. The van der Waals surface area contributed by atoms with Crippen molar-refractivity contribution >= 4 is 34.8 Å². The Labute approximate surface area is 166 Å². The number of fused-ring (bicyclic) bond motifs is 1. The summed E-state index contributed by atoms with van der Waals surface area (Å²) in [5, 5.41) is 15.6. The van der Waals surface area contributed by atoms with Crippen LogP contribution < -0.4 is 10.2 Å². The number of anilines is 2. The molecule has 0 fully saturated rings. The first kappa shape index (κ1) is 18.1. The van der Waals surface area contributed by atoms with E-state index >= 15 is 0 Å². The quantitative estimate of drug-likeness (QED) is 0.734. The van der Waals surface area contributed by atoms with Gasteiger partial charge >= 0.3 is 0 Å². The first-order chi connectivity index (χ1) is 13.5. The maximum Gasteiger partial charge on any atom is 0.250 e. The fourth-order valence-corrected chi connectivity index (χ4v) is 3.45. The van der Waals surface area contributed by atoms with E-state index < -0.39 is 0 Å². The predicted octanol–water partition coefficient (Wildman–Crippen LogP) is 2.76. The zero-order chi connectivity index (χ0) is 19.7. The van der Waals surface area contributed by atoms with Gasteiger partial charge in [0.1, 0.15) is 6.54 Å². The second-order valence-corrected chi connectivity index (χ2v) is 6.91. The van der Waals surface area contributed by atoms with Gasteiger partial charge in [-0.1, -0.05) is 35.9 Å². The molecule has 2 amide bonds. The number of hydrogen-bond donors (Lipinski definition) is 1. The SMILES string of the molecule is CC1CC(=O)Nc2ccccc2N1C(=O)Cn1nnc(-c2ccccc2Cl)n1. The van der Waals surface area contributed by atoms with E-state index in [0.29, 0.717) is 27.8 Å². The fraction of sp³-hybridized carbons (Fsp3) is 0.211. The highest BCUT2D eigenvalue weighted by atomic mass is 35.5. The van der Waals surface area contributed by atoms with Crippen LogP contribution in [0.2, 0.25) is 5.02 Å². The largest absolute Gasteiger partial charge is 0.324 e. The second kappa shape index (κ2) is 7.40. The molecule has 0 aliphatic carbocycles. The van der Waals surface area contributed by atoms with Gasteiger partial charge in [0.2, 0.25) is 11.7 Å².